The topological polar surface area (TPSA) is 93.9 Å². The van der Waals surface area contributed by atoms with Gasteiger partial charge < -0.3 is 19.9 Å². The quantitative estimate of drug-likeness (QED) is 0.410. The second-order valence-corrected chi connectivity index (χ2v) is 4.19. The SMILES string of the molecule is COc1cc(NCCCCCO)c([N+](=O)[O-])cc1OC. The summed E-state index contributed by atoms with van der Waals surface area (Å²) in [6.45, 7) is 0.757. The van der Waals surface area contributed by atoms with Gasteiger partial charge in [0.05, 0.1) is 25.2 Å². The first-order valence-corrected chi connectivity index (χ1v) is 6.39. The van der Waals surface area contributed by atoms with Crippen molar-refractivity contribution in [2.24, 2.45) is 0 Å². The zero-order valence-electron chi connectivity index (χ0n) is 11.7. The van der Waals surface area contributed by atoms with Gasteiger partial charge in [-0.2, -0.15) is 0 Å². The van der Waals surface area contributed by atoms with E-state index in [1.54, 1.807) is 6.07 Å². The Balaban J connectivity index is 2.84. The molecule has 1 aromatic rings. The first-order chi connectivity index (χ1) is 9.63. The van der Waals surface area contributed by atoms with Gasteiger partial charge in [0.2, 0.25) is 0 Å². The second kappa shape index (κ2) is 8.21. The lowest BCUT2D eigenvalue weighted by atomic mass is 10.2. The van der Waals surface area contributed by atoms with Crippen molar-refractivity contribution in [2.45, 2.75) is 19.3 Å². The van der Waals surface area contributed by atoms with Gasteiger partial charge in [0.15, 0.2) is 11.5 Å². The molecular formula is C13H20N2O5. The highest BCUT2D eigenvalue weighted by atomic mass is 16.6. The Bertz CT molecular complexity index is 451. The molecule has 0 saturated carbocycles. The molecule has 2 N–H and O–H groups in total. The summed E-state index contributed by atoms with van der Waals surface area (Å²) in [6, 6.07) is 2.90. The molecule has 0 unspecified atom stereocenters. The van der Waals surface area contributed by atoms with Gasteiger partial charge in [-0.15, -0.1) is 0 Å². The predicted molar refractivity (Wildman–Crippen MR) is 75.6 cm³/mol. The zero-order chi connectivity index (χ0) is 15.0. The van der Waals surface area contributed by atoms with Gasteiger partial charge in [0, 0.05) is 19.2 Å². The van der Waals surface area contributed by atoms with Gasteiger partial charge in [0.25, 0.3) is 5.69 Å². The fourth-order valence-electron chi connectivity index (χ4n) is 1.80. The molecule has 0 fully saturated rings. The second-order valence-electron chi connectivity index (χ2n) is 4.19. The first-order valence-electron chi connectivity index (χ1n) is 6.39. The van der Waals surface area contributed by atoms with Crippen LogP contribution in [0.25, 0.3) is 0 Å². The van der Waals surface area contributed by atoms with Crippen LogP contribution in [0.2, 0.25) is 0 Å². The summed E-state index contributed by atoms with van der Waals surface area (Å²) in [5.41, 5.74) is 0.349. The number of benzene rings is 1. The van der Waals surface area contributed by atoms with E-state index in [2.05, 4.69) is 5.32 Å². The fraction of sp³-hybridized carbons (Fsp3) is 0.538. The van der Waals surface area contributed by atoms with Gasteiger partial charge in [-0.3, -0.25) is 10.1 Å². The highest BCUT2D eigenvalue weighted by molar-refractivity contribution is 5.68. The van der Waals surface area contributed by atoms with E-state index >= 15 is 0 Å². The van der Waals surface area contributed by atoms with Crippen LogP contribution < -0.4 is 14.8 Å². The molecule has 0 bridgehead atoms. The number of aliphatic hydroxyl groups excluding tert-OH is 1. The molecule has 0 heterocycles. The standard InChI is InChI=1S/C13H20N2O5/c1-19-12-8-10(14-6-4-3-5-7-16)11(15(17)18)9-13(12)20-2/h8-9,14,16H,3-7H2,1-2H3. The lowest BCUT2D eigenvalue weighted by Gasteiger charge is -2.12. The maximum Gasteiger partial charge on any atom is 0.296 e. The molecule has 20 heavy (non-hydrogen) atoms. The third-order valence-corrected chi connectivity index (χ3v) is 2.85. The lowest BCUT2D eigenvalue weighted by Crippen LogP contribution is -2.05. The predicted octanol–water partition coefficient (Wildman–Crippen LogP) is 2.19. The minimum atomic E-state index is -0.460. The Kier molecular flexibility index (Phi) is 6.58. The number of anilines is 1. The molecule has 0 radical (unpaired) electrons. The van der Waals surface area contributed by atoms with E-state index in [1.807, 2.05) is 0 Å². The molecule has 0 spiro atoms. The molecule has 0 aliphatic carbocycles. The van der Waals surface area contributed by atoms with Crippen LogP contribution in [0, 0.1) is 10.1 Å². The van der Waals surface area contributed by atoms with E-state index in [0.717, 1.165) is 19.3 Å². The van der Waals surface area contributed by atoms with Gasteiger partial charge in [0.1, 0.15) is 5.69 Å². The maximum absolute atomic E-state index is 11.1. The van der Waals surface area contributed by atoms with Crippen molar-refractivity contribution in [2.75, 3.05) is 32.7 Å². The van der Waals surface area contributed by atoms with Crippen LogP contribution in [0.5, 0.6) is 11.5 Å². The van der Waals surface area contributed by atoms with E-state index in [4.69, 9.17) is 14.6 Å². The molecule has 0 saturated heterocycles. The Labute approximate surface area is 117 Å². The third kappa shape index (κ3) is 4.27. The van der Waals surface area contributed by atoms with Crippen LogP contribution in [0.4, 0.5) is 11.4 Å². The Morgan fingerprint density at radius 3 is 2.40 bits per heavy atom. The average Bonchev–Trinajstić information content (AvgIpc) is 2.46. The van der Waals surface area contributed by atoms with E-state index in [-0.39, 0.29) is 12.3 Å². The molecule has 0 aliphatic rings. The Morgan fingerprint density at radius 2 is 1.85 bits per heavy atom. The molecule has 1 rings (SSSR count). The van der Waals surface area contributed by atoms with E-state index in [0.29, 0.717) is 23.7 Å². The van der Waals surface area contributed by atoms with Crippen molar-refractivity contribution in [3.63, 3.8) is 0 Å². The van der Waals surface area contributed by atoms with Crippen molar-refractivity contribution in [1.29, 1.82) is 0 Å². The average molecular weight is 284 g/mol. The smallest absolute Gasteiger partial charge is 0.296 e. The number of hydrogen-bond donors (Lipinski definition) is 2. The summed E-state index contributed by atoms with van der Waals surface area (Å²) in [7, 11) is 2.91. The Morgan fingerprint density at radius 1 is 1.20 bits per heavy atom. The number of unbranched alkanes of at least 4 members (excludes halogenated alkanes) is 2. The van der Waals surface area contributed by atoms with Crippen molar-refractivity contribution >= 4 is 11.4 Å². The molecule has 0 aliphatic heterocycles. The minimum Gasteiger partial charge on any atom is -0.493 e. The largest absolute Gasteiger partial charge is 0.493 e. The molecule has 112 valence electrons. The summed E-state index contributed by atoms with van der Waals surface area (Å²) in [5, 5.41) is 22.8. The number of hydrogen-bond acceptors (Lipinski definition) is 6. The van der Waals surface area contributed by atoms with Gasteiger partial charge in [-0.25, -0.2) is 0 Å². The molecule has 0 aromatic heterocycles. The molecule has 7 heteroatoms. The van der Waals surface area contributed by atoms with E-state index in [9.17, 15) is 10.1 Å². The monoisotopic (exact) mass is 284 g/mol. The summed E-state index contributed by atoms with van der Waals surface area (Å²) in [6.07, 6.45) is 2.42. The van der Waals surface area contributed by atoms with Gasteiger partial charge >= 0.3 is 0 Å². The van der Waals surface area contributed by atoms with Crippen LogP contribution >= 0.6 is 0 Å². The number of nitrogens with one attached hydrogen (secondary N) is 1. The van der Waals surface area contributed by atoms with E-state index < -0.39 is 4.92 Å². The number of aliphatic hydroxyl groups is 1. The lowest BCUT2D eigenvalue weighted by molar-refractivity contribution is -0.384. The number of ether oxygens (including phenoxy) is 2. The highest BCUT2D eigenvalue weighted by Crippen LogP contribution is 2.37. The third-order valence-electron chi connectivity index (χ3n) is 2.85. The maximum atomic E-state index is 11.1. The molecular weight excluding hydrogens is 264 g/mol. The number of nitro benzene ring substituents is 1. The molecule has 0 atom stereocenters. The van der Waals surface area contributed by atoms with Crippen molar-refractivity contribution in [1.82, 2.24) is 0 Å². The molecule has 0 amide bonds. The molecule has 7 nitrogen and oxygen atoms in total. The van der Waals surface area contributed by atoms with Crippen molar-refractivity contribution in [3.05, 3.63) is 22.2 Å². The number of nitrogens with zero attached hydrogens (tertiary/aromatic N) is 1. The summed E-state index contributed by atoms with van der Waals surface area (Å²) < 4.78 is 10.2. The van der Waals surface area contributed by atoms with Crippen LogP contribution in [0.1, 0.15) is 19.3 Å². The zero-order valence-corrected chi connectivity index (χ0v) is 11.7. The van der Waals surface area contributed by atoms with Gasteiger partial charge in [-0.1, -0.05) is 0 Å². The fourth-order valence-corrected chi connectivity index (χ4v) is 1.80. The van der Waals surface area contributed by atoms with Crippen LogP contribution in [-0.2, 0) is 0 Å². The summed E-state index contributed by atoms with van der Waals surface area (Å²) in [5.74, 6) is 0.765. The normalized spacial score (nSPS) is 10.2. The number of nitro groups is 1. The summed E-state index contributed by atoms with van der Waals surface area (Å²) in [4.78, 5) is 10.6. The van der Waals surface area contributed by atoms with Crippen LogP contribution in [0.15, 0.2) is 12.1 Å². The van der Waals surface area contributed by atoms with Crippen molar-refractivity contribution < 1.29 is 19.5 Å². The number of methoxy groups -OCH3 is 2. The molecule has 1 aromatic carbocycles. The Hall–Kier alpha value is -2.02. The number of rotatable bonds is 9. The van der Waals surface area contributed by atoms with Crippen molar-refractivity contribution in [3.8, 4) is 11.5 Å². The first kappa shape index (κ1) is 16.0. The van der Waals surface area contributed by atoms with Crippen LogP contribution in [-0.4, -0.2) is 37.4 Å². The minimum absolute atomic E-state index is 0.0511. The summed E-state index contributed by atoms with van der Waals surface area (Å²) >= 11 is 0. The van der Waals surface area contributed by atoms with E-state index in [1.165, 1.54) is 20.3 Å². The van der Waals surface area contributed by atoms with Gasteiger partial charge in [-0.05, 0) is 19.3 Å². The highest BCUT2D eigenvalue weighted by Gasteiger charge is 2.19. The van der Waals surface area contributed by atoms with Crippen LogP contribution in [0.3, 0.4) is 0 Å².